The summed E-state index contributed by atoms with van der Waals surface area (Å²) in [5.74, 6) is 0.0985. The topological polar surface area (TPSA) is 76.0 Å². The molecule has 21 heavy (non-hydrogen) atoms. The Balaban J connectivity index is 1.87. The number of nitrogens with one attached hydrogen (secondary N) is 2. The van der Waals surface area contributed by atoms with E-state index in [2.05, 4.69) is 15.6 Å². The Hall–Kier alpha value is -1.85. The number of carbonyl (C=O) groups is 2. The van der Waals surface area contributed by atoms with Gasteiger partial charge in [-0.1, -0.05) is 6.92 Å². The van der Waals surface area contributed by atoms with Crippen LogP contribution in [0.25, 0.3) is 0 Å². The predicted molar refractivity (Wildman–Crippen MR) is 78.3 cm³/mol. The van der Waals surface area contributed by atoms with Crippen molar-refractivity contribution >= 4 is 11.8 Å². The van der Waals surface area contributed by atoms with E-state index in [0.717, 1.165) is 50.8 Å². The summed E-state index contributed by atoms with van der Waals surface area (Å²) in [4.78, 5) is 28.9. The maximum absolute atomic E-state index is 12.3. The van der Waals surface area contributed by atoms with Crippen LogP contribution in [0.1, 0.15) is 65.8 Å². The number of imidazole rings is 1. The number of nitrogens with zero attached hydrogens (tertiary/aromatic N) is 2. The molecule has 2 amide bonds. The molecule has 2 heterocycles. The number of amides is 2. The van der Waals surface area contributed by atoms with Gasteiger partial charge < -0.3 is 15.2 Å². The molecule has 1 aliphatic heterocycles. The molecule has 6 nitrogen and oxygen atoms in total. The molecule has 0 saturated heterocycles. The van der Waals surface area contributed by atoms with Crippen LogP contribution in [-0.4, -0.2) is 34.0 Å². The predicted octanol–water partition coefficient (Wildman–Crippen LogP) is 1.25. The summed E-state index contributed by atoms with van der Waals surface area (Å²) in [6.07, 6.45) is 5.87. The zero-order chi connectivity index (χ0) is 14.8. The molecule has 3 rings (SSSR count). The third kappa shape index (κ3) is 2.94. The lowest BCUT2D eigenvalue weighted by Gasteiger charge is -2.17. The summed E-state index contributed by atoms with van der Waals surface area (Å²) in [7, 11) is 0. The first-order valence-corrected chi connectivity index (χ1v) is 7.89. The van der Waals surface area contributed by atoms with Crippen LogP contribution in [-0.2, 0) is 13.0 Å². The summed E-state index contributed by atoms with van der Waals surface area (Å²) >= 11 is 0. The van der Waals surface area contributed by atoms with Gasteiger partial charge in [-0.3, -0.25) is 9.59 Å². The lowest BCUT2D eigenvalue weighted by Crippen LogP contribution is -2.29. The first-order valence-electron chi connectivity index (χ1n) is 7.89. The van der Waals surface area contributed by atoms with Crippen LogP contribution in [0.4, 0.5) is 0 Å². The molecule has 0 spiro atoms. The van der Waals surface area contributed by atoms with E-state index in [-0.39, 0.29) is 11.8 Å². The zero-order valence-corrected chi connectivity index (χ0v) is 12.4. The lowest BCUT2D eigenvalue weighted by molar-refractivity contribution is 0.0935. The van der Waals surface area contributed by atoms with Crippen molar-refractivity contribution in [2.45, 2.75) is 58.0 Å². The highest BCUT2D eigenvalue weighted by atomic mass is 16.2. The van der Waals surface area contributed by atoms with Crippen molar-refractivity contribution in [2.75, 3.05) is 6.54 Å². The van der Waals surface area contributed by atoms with E-state index < -0.39 is 0 Å². The Morgan fingerprint density at radius 1 is 1.29 bits per heavy atom. The van der Waals surface area contributed by atoms with Crippen LogP contribution in [0.15, 0.2) is 0 Å². The van der Waals surface area contributed by atoms with E-state index in [1.54, 1.807) is 0 Å². The third-order valence-electron chi connectivity index (χ3n) is 3.98. The van der Waals surface area contributed by atoms with Gasteiger partial charge in [0.25, 0.3) is 11.8 Å². The minimum absolute atomic E-state index is 0.143. The fraction of sp³-hybridized carbons (Fsp3) is 0.667. The second-order valence-corrected chi connectivity index (χ2v) is 5.84. The van der Waals surface area contributed by atoms with E-state index in [4.69, 9.17) is 0 Å². The molecule has 0 aromatic carbocycles. The molecule has 114 valence electrons. The summed E-state index contributed by atoms with van der Waals surface area (Å²) < 4.78 is 1.93. The van der Waals surface area contributed by atoms with E-state index in [9.17, 15) is 9.59 Å². The van der Waals surface area contributed by atoms with Crippen LogP contribution >= 0.6 is 0 Å². The van der Waals surface area contributed by atoms with Gasteiger partial charge in [0.05, 0.1) is 5.69 Å². The molecule has 0 radical (unpaired) electrons. The molecular formula is C15H22N4O2. The minimum Gasteiger partial charge on any atom is -0.351 e. The number of rotatable bonds is 5. The molecule has 2 aliphatic rings. The number of hydrogen-bond acceptors (Lipinski definition) is 3. The van der Waals surface area contributed by atoms with Crippen molar-refractivity contribution < 1.29 is 9.59 Å². The first kappa shape index (κ1) is 14.1. The Bertz CT molecular complexity index is 560. The molecule has 2 N–H and O–H groups in total. The molecule has 1 aromatic rings. The van der Waals surface area contributed by atoms with Crippen LogP contribution in [0.3, 0.4) is 0 Å². The van der Waals surface area contributed by atoms with E-state index in [0.29, 0.717) is 24.1 Å². The molecule has 0 bridgehead atoms. The van der Waals surface area contributed by atoms with Gasteiger partial charge >= 0.3 is 0 Å². The van der Waals surface area contributed by atoms with E-state index in [1.165, 1.54) is 0 Å². The molecule has 1 aliphatic carbocycles. The fourth-order valence-corrected chi connectivity index (χ4v) is 2.70. The molecule has 0 atom stereocenters. The summed E-state index contributed by atoms with van der Waals surface area (Å²) in [5.41, 5.74) is 1.35. The first-order chi connectivity index (χ1) is 10.2. The normalized spacial score (nSPS) is 17.2. The molecular weight excluding hydrogens is 268 g/mol. The standard InChI is InChI=1S/C15H22N4O2/c1-2-8-16-14(20)12-11-5-3-4-9-19(11)13(18-12)15(21)17-10-6-7-10/h10H,2-9H2,1H3,(H,16,20)(H,17,21). The van der Waals surface area contributed by atoms with E-state index in [1.807, 2.05) is 11.5 Å². The Morgan fingerprint density at radius 2 is 2.10 bits per heavy atom. The maximum atomic E-state index is 12.3. The molecule has 6 heteroatoms. The van der Waals surface area contributed by atoms with Gasteiger partial charge in [0.15, 0.2) is 5.82 Å². The van der Waals surface area contributed by atoms with Gasteiger partial charge in [0.2, 0.25) is 0 Å². The van der Waals surface area contributed by atoms with Gasteiger partial charge in [-0.15, -0.1) is 0 Å². The lowest BCUT2D eigenvalue weighted by atomic mass is 10.1. The average molecular weight is 290 g/mol. The molecule has 1 saturated carbocycles. The number of carbonyl (C=O) groups excluding carboxylic acids is 2. The summed E-state index contributed by atoms with van der Waals surface area (Å²) in [5, 5.41) is 5.82. The van der Waals surface area contributed by atoms with Crippen molar-refractivity contribution in [3.63, 3.8) is 0 Å². The van der Waals surface area contributed by atoms with E-state index >= 15 is 0 Å². The second kappa shape index (κ2) is 5.87. The summed E-state index contributed by atoms with van der Waals surface area (Å²) in [6, 6.07) is 0.298. The van der Waals surface area contributed by atoms with Crippen molar-refractivity contribution in [3.05, 3.63) is 17.2 Å². The highest BCUT2D eigenvalue weighted by Crippen LogP contribution is 2.23. The monoisotopic (exact) mass is 290 g/mol. The number of fused-ring (bicyclic) bond motifs is 1. The number of aromatic nitrogens is 2. The quantitative estimate of drug-likeness (QED) is 0.857. The van der Waals surface area contributed by atoms with Crippen LogP contribution in [0.2, 0.25) is 0 Å². The van der Waals surface area contributed by atoms with Gasteiger partial charge in [-0.2, -0.15) is 0 Å². The highest BCUT2D eigenvalue weighted by Gasteiger charge is 2.30. The smallest absolute Gasteiger partial charge is 0.287 e. The van der Waals surface area contributed by atoms with Crippen molar-refractivity contribution in [2.24, 2.45) is 0 Å². The molecule has 1 fully saturated rings. The minimum atomic E-state index is -0.159. The van der Waals surface area contributed by atoms with Gasteiger partial charge in [-0.05, 0) is 38.5 Å². The SMILES string of the molecule is CCCNC(=O)c1nc(C(=O)NC2CC2)n2c1CCCC2. The zero-order valence-electron chi connectivity index (χ0n) is 12.4. The fourth-order valence-electron chi connectivity index (χ4n) is 2.70. The Kier molecular flexibility index (Phi) is 3.94. The van der Waals surface area contributed by atoms with Crippen molar-refractivity contribution in [1.29, 1.82) is 0 Å². The molecule has 1 aromatic heterocycles. The van der Waals surface area contributed by atoms with Crippen LogP contribution in [0, 0.1) is 0 Å². The highest BCUT2D eigenvalue weighted by molar-refractivity contribution is 5.97. The van der Waals surface area contributed by atoms with Crippen molar-refractivity contribution in [3.8, 4) is 0 Å². The van der Waals surface area contributed by atoms with Crippen LogP contribution in [0.5, 0.6) is 0 Å². The third-order valence-corrected chi connectivity index (χ3v) is 3.98. The Labute approximate surface area is 124 Å². The molecule has 0 unspecified atom stereocenters. The van der Waals surface area contributed by atoms with Gasteiger partial charge in [-0.25, -0.2) is 4.98 Å². The largest absolute Gasteiger partial charge is 0.351 e. The van der Waals surface area contributed by atoms with Crippen molar-refractivity contribution in [1.82, 2.24) is 20.2 Å². The maximum Gasteiger partial charge on any atom is 0.287 e. The van der Waals surface area contributed by atoms with Gasteiger partial charge in [0.1, 0.15) is 5.69 Å². The second-order valence-electron chi connectivity index (χ2n) is 5.84. The summed E-state index contributed by atoms with van der Waals surface area (Å²) in [6.45, 7) is 3.42. The Morgan fingerprint density at radius 3 is 2.81 bits per heavy atom. The number of hydrogen-bond donors (Lipinski definition) is 2. The average Bonchev–Trinajstić information content (AvgIpc) is 3.22. The van der Waals surface area contributed by atoms with Crippen LogP contribution < -0.4 is 10.6 Å². The van der Waals surface area contributed by atoms with Gasteiger partial charge in [0, 0.05) is 19.1 Å².